The monoisotopic (exact) mass is 209 g/mol. The zero-order chi connectivity index (χ0) is 11.1. The molecule has 0 radical (unpaired) electrons. The average Bonchev–Trinajstić information content (AvgIpc) is 2.78. The number of nitrogens with one attached hydrogen (secondary N) is 2. The summed E-state index contributed by atoms with van der Waals surface area (Å²) < 4.78 is 0. The Bertz CT molecular complexity index is 239. The zero-order valence-electron chi connectivity index (χ0n) is 10.1. The molecule has 1 unspecified atom stereocenters. The van der Waals surface area contributed by atoms with Crippen LogP contribution in [0.5, 0.6) is 0 Å². The van der Waals surface area contributed by atoms with Crippen LogP contribution in [0.25, 0.3) is 0 Å². The van der Waals surface area contributed by atoms with Crippen molar-refractivity contribution in [3.05, 3.63) is 18.2 Å². The van der Waals surface area contributed by atoms with Crippen LogP contribution < -0.4 is 5.32 Å². The van der Waals surface area contributed by atoms with Gasteiger partial charge < -0.3 is 10.3 Å². The van der Waals surface area contributed by atoms with E-state index in [1.807, 2.05) is 12.4 Å². The van der Waals surface area contributed by atoms with Crippen molar-refractivity contribution in [2.45, 2.75) is 46.1 Å². The number of H-pyrrole nitrogens is 1. The molecule has 3 heteroatoms. The topological polar surface area (TPSA) is 40.7 Å². The number of aromatic amines is 1. The summed E-state index contributed by atoms with van der Waals surface area (Å²) in [4.78, 5) is 7.47. The molecule has 86 valence electrons. The van der Waals surface area contributed by atoms with Gasteiger partial charge in [-0.25, -0.2) is 4.98 Å². The van der Waals surface area contributed by atoms with Gasteiger partial charge in [0, 0.05) is 12.4 Å². The summed E-state index contributed by atoms with van der Waals surface area (Å²) in [6.45, 7) is 7.78. The van der Waals surface area contributed by atoms with Gasteiger partial charge in [-0.1, -0.05) is 33.6 Å². The highest BCUT2D eigenvalue weighted by Crippen LogP contribution is 2.13. The van der Waals surface area contributed by atoms with Gasteiger partial charge in [0.15, 0.2) is 0 Å². The van der Waals surface area contributed by atoms with Gasteiger partial charge in [0.25, 0.3) is 0 Å². The van der Waals surface area contributed by atoms with E-state index >= 15 is 0 Å². The summed E-state index contributed by atoms with van der Waals surface area (Å²) in [5, 5.41) is 3.58. The predicted molar refractivity (Wildman–Crippen MR) is 63.7 cm³/mol. The van der Waals surface area contributed by atoms with Gasteiger partial charge in [0.2, 0.25) is 0 Å². The summed E-state index contributed by atoms with van der Waals surface area (Å²) in [5.74, 6) is 1.84. The van der Waals surface area contributed by atoms with Crippen molar-refractivity contribution >= 4 is 0 Å². The molecule has 0 fully saturated rings. The Labute approximate surface area is 92.7 Å². The van der Waals surface area contributed by atoms with Gasteiger partial charge in [0.05, 0.1) is 6.04 Å². The van der Waals surface area contributed by atoms with E-state index in [2.05, 4.69) is 36.1 Å². The van der Waals surface area contributed by atoms with Crippen molar-refractivity contribution in [3.8, 4) is 0 Å². The van der Waals surface area contributed by atoms with Gasteiger partial charge in [-0.3, -0.25) is 0 Å². The largest absolute Gasteiger partial charge is 0.347 e. The Hall–Kier alpha value is -0.830. The predicted octanol–water partition coefficient (Wildman–Crippen LogP) is 2.89. The Morgan fingerprint density at radius 1 is 1.27 bits per heavy atom. The van der Waals surface area contributed by atoms with Crippen LogP contribution in [0.15, 0.2) is 12.4 Å². The van der Waals surface area contributed by atoms with E-state index in [-0.39, 0.29) is 0 Å². The summed E-state index contributed by atoms with van der Waals surface area (Å²) in [6, 6.07) is 0.376. The third-order valence-corrected chi connectivity index (χ3v) is 3.07. The number of nitrogens with zero attached hydrogens (tertiary/aromatic N) is 1. The van der Waals surface area contributed by atoms with Crippen molar-refractivity contribution in [1.82, 2.24) is 15.3 Å². The molecule has 2 N–H and O–H groups in total. The number of rotatable bonds is 7. The second-order valence-electron chi connectivity index (χ2n) is 4.03. The molecule has 0 saturated carbocycles. The van der Waals surface area contributed by atoms with Gasteiger partial charge >= 0.3 is 0 Å². The third kappa shape index (κ3) is 3.67. The Kier molecular flexibility index (Phi) is 5.40. The molecule has 0 saturated heterocycles. The lowest BCUT2D eigenvalue weighted by molar-refractivity contribution is 0.399. The Morgan fingerprint density at radius 3 is 2.47 bits per heavy atom. The number of hydrogen-bond donors (Lipinski definition) is 2. The van der Waals surface area contributed by atoms with Gasteiger partial charge in [-0.15, -0.1) is 0 Å². The van der Waals surface area contributed by atoms with E-state index in [9.17, 15) is 0 Å². The quantitative estimate of drug-likeness (QED) is 0.725. The summed E-state index contributed by atoms with van der Waals surface area (Å²) in [7, 11) is 0. The molecule has 0 bridgehead atoms. The molecule has 0 amide bonds. The lowest BCUT2D eigenvalue weighted by Gasteiger charge is -2.19. The fourth-order valence-corrected chi connectivity index (χ4v) is 1.79. The highest BCUT2D eigenvalue weighted by atomic mass is 15.0. The van der Waals surface area contributed by atoms with Gasteiger partial charge in [0.1, 0.15) is 5.82 Å². The number of hydrogen-bond acceptors (Lipinski definition) is 2. The summed E-state index contributed by atoms with van der Waals surface area (Å²) in [5.41, 5.74) is 0. The molecule has 0 aliphatic carbocycles. The molecule has 1 rings (SSSR count). The van der Waals surface area contributed by atoms with Gasteiger partial charge in [-0.2, -0.15) is 0 Å². The van der Waals surface area contributed by atoms with E-state index in [0.29, 0.717) is 6.04 Å². The first-order valence-electron chi connectivity index (χ1n) is 6.04. The minimum Gasteiger partial charge on any atom is -0.347 e. The highest BCUT2D eigenvalue weighted by molar-refractivity contribution is 4.95. The lowest BCUT2D eigenvalue weighted by Crippen LogP contribution is -2.27. The first-order chi connectivity index (χ1) is 7.31. The molecule has 1 atom stereocenters. The fourth-order valence-electron chi connectivity index (χ4n) is 1.79. The molecule has 1 aromatic heterocycles. The lowest BCUT2D eigenvalue weighted by atomic mass is 10.0. The smallest absolute Gasteiger partial charge is 0.123 e. The van der Waals surface area contributed by atoms with Crippen LogP contribution in [0.1, 0.15) is 51.9 Å². The molecule has 0 spiro atoms. The number of imidazole rings is 1. The zero-order valence-corrected chi connectivity index (χ0v) is 10.1. The van der Waals surface area contributed by atoms with Crippen LogP contribution in [-0.4, -0.2) is 16.5 Å². The second-order valence-corrected chi connectivity index (χ2v) is 4.03. The van der Waals surface area contributed by atoms with E-state index in [4.69, 9.17) is 0 Å². The van der Waals surface area contributed by atoms with Crippen molar-refractivity contribution in [2.24, 2.45) is 5.92 Å². The van der Waals surface area contributed by atoms with E-state index < -0.39 is 0 Å². The third-order valence-electron chi connectivity index (χ3n) is 3.07. The van der Waals surface area contributed by atoms with Crippen LogP contribution in [0.2, 0.25) is 0 Å². The van der Waals surface area contributed by atoms with Crippen LogP contribution in [-0.2, 0) is 0 Å². The molecule has 1 aromatic rings. The first kappa shape index (κ1) is 12.2. The maximum atomic E-state index is 4.30. The second kappa shape index (κ2) is 6.62. The average molecular weight is 209 g/mol. The molecule has 3 nitrogen and oxygen atoms in total. The molecule has 0 aliphatic heterocycles. The maximum absolute atomic E-state index is 4.30. The van der Waals surface area contributed by atoms with Gasteiger partial charge in [-0.05, 0) is 18.9 Å². The minimum atomic E-state index is 0.376. The van der Waals surface area contributed by atoms with Crippen LogP contribution in [0.3, 0.4) is 0 Å². The highest BCUT2D eigenvalue weighted by Gasteiger charge is 2.12. The molecule has 1 heterocycles. The van der Waals surface area contributed by atoms with Crippen molar-refractivity contribution in [3.63, 3.8) is 0 Å². The fraction of sp³-hybridized carbons (Fsp3) is 0.750. The number of aromatic nitrogens is 2. The maximum Gasteiger partial charge on any atom is 0.123 e. The minimum absolute atomic E-state index is 0.376. The molecule has 15 heavy (non-hydrogen) atoms. The van der Waals surface area contributed by atoms with Crippen LogP contribution in [0.4, 0.5) is 0 Å². The molecular weight excluding hydrogens is 186 g/mol. The molecule has 0 aliphatic rings. The molecular formula is C12H23N3. The Morgan fingerprint density at radius 2 is 2.00 bits per heavy atom. The van der Waals surface area contributed by atoms with E-state index in [1.165, 1.54) is 12.8 Å². The van der Waals surface area contributed by atoms with E-state index in [0.717, 1.165) is 24.7 Å². The van der Waals surface area contributed by atoms with Crippen molar-refractivity contribution in [2.75, 3.05) is 6.54 Å². The van der Waals surface area contributed by atoms with Crippen molar-refractivity contribution < 1.29 is 0 Å². The van der Waals surface area contributed by atoms with E-state index in [1.54, 1.807) is 0 Å². The summed E-state index contributed by atoms with van der Waals surface area (Å²) >= 11 is 0. The van der Waals surface area contributed by atoms with Crippen LogP contribution in [0, 0.1) is 5.92 Å². The SMILES string of the molecule is CCC(CC)CNC(CC)c1ncc[nH]1. The van der Waals surface area contributed by atoms with Crippen molar-refractivity contribution in [1.29, 1.82) is 0 Å². The summed E-state index contributed by atoms with van der Waals surface area (Å²) in [6.07, 6.45) is 7.28. The molecule has 0 aromatic carbocycles. The normalized spacial score (nSPS) is 13.3. The first-order valence-corrected chi connectivity index (χ1v) is 6.04. The Balaban J connectivity index is 2.41. The standard InChI is InChI=1S/C12H23N3/c1-4-10(5-2)9-15-11(6-3)12-13-7-8-14-12/h7-8,10-11,15H,4-6,9H2,1-3H3,(H,13,14). The van der Waals surface area contributed by atoms with Crippen LogP contribution >= 0.6 is 0 Å².